The maximum absolute atomic E-state index is 12.5. The molecule has 1 aliphatic heterocycles. The van der Waals surface area contributed by atoms with E-state index in [1.54, 1.807) is 12.1 Å². The van der Waals surface area contributed by atoms with Gasteiger partial charge in [0.05, 0.1) is 7.11 Å². The van der Waals surface area contributed by atoms with Gasteiger partial charge in [-0.3, -0.25) is 0 Å². The van der Waals surface area contributed by atoms with Crippen LogP contribution in [0.15, 0.2) is 54.6 Å². The Kier molecular flexibility index (Phi) is 17.7. The van der Waals surface area contributed by atoms with Gasteiger partial charge in [0.15, 0.2) is 6.10 Å². The van der Waals surface area contributed by atoms with Crippen LogP contribution in [0.2, 0.25) is 0 Å². The predicted octanol–water partition coefficient (Wildman–Crippen LogP) is 0.403. The second kappa shape index (κ2) is 17.0. The van der Waals surface area contributed by atoms with E-state index in [1.165, 1.54) is 12.1 Å². The molecule has 0 aromatic heterocycles. The van der Waals surface area contributed by atoms with Gasteiger partial charge in [-0.05, 0) is 17.7 Å². The van der Waals surface area contributed by atoms with Crippen LogP contribution in [0.25, 0.3) is 0 Å². The number of aliphatic hydroxyl groups is 3. The van der Waals surface area contributed by atoms with Crippen LogP contribution in [0.1, 0.15) is 15.9 Å². The number of benzene rings is 2. The maximum atomic E-state index is 12.5. The van der Waals surface area contributed by atoms with Gasteiger partial charge < -0.3 is 34.3 Å². The van der Waals surface area contributed by atoms with Gasteiger partial charge in [0.25, 0.3) is 0 Å². The number of rotatable bonds is 6. The van der Waals surface area contributed by atoms with Crippen LogP contribution < -0.4 is 4.74 Å². The summed E-state index contributed by atoms with van der Waals surface area (Å²) in [6.07, 6.45) is -8.25. The van der Waals surface area contributed by atoms with Crippen molar-refractivity contribution >= 4 is 11.9 Å². The van der Waals surface area contributed by atoms with Gasteiger partial charge in [-0.15, -0.1) is 0 Å². The molecule has 1 aliphatic rings. The topological polar surface area (TPSA) is 132 Å². The van der Waals surface area contributed by atoms with E-state index in [0.29, 0.717) is 0 Å². The first-order chi connectivity index (χ1) is 14.4. The Morgan fingerprint density at radius 2 is 1.48 bits per heavy atom. The zero-order valence-electron chi connectivity index (χ0n) is 17.8. The Hall–Kier alpha value is 1.34. The van der Waals surface area contributed by atoms with Gasteiger partial charge in [0, 0.05) is 132 Å². The molecule has 3 N–H and O–H groups in total. The number of carbonyl (C=O) groups excluding carboxylic acids is 2. The molecular weight excluding hydrogens is 1080 g/mol. The smallest absolute Gasteiger partial charge is 0.342 e. The van der Waals surface area contributed by atoms with Gasteiger partial charge in [-0.2, -0.15) is 0 Å². The molecule has 3 rings (SSSR count). The molecule has 5 atom stereocenters. The van der Waals surface area contributed by atoms with Gasteiger partial charge >= 0.3 is 11.9 Å². The summed E-state index contributed by atoms with van der Waals surface area (Å²) in [6.45, 7) is 0.0475. The molecule has 3 radical (unpaired) electrons. The molecule has 3 unspecified atom stereocenters. The fourth-order valence-corrected chi connectivity index (χ4v) is 2.92. The fraction of sp³-hybridized carbons (Fsp3) is 0.333. The number of aliphatic hydroxyl groups excluding tert-OH is 3. The first-order valence-corrected chi connectivity index (χ1v) is 9.16. The summed E-state index contributed by atoms with van der Waals surface area (Å²) in [6, 6.07) is 15.2. The third-order valence-corrected chi connectivity index (χ3v) is 4.57. The molecule has 169 valence electrons. The van der Waals surface area contributed by atoms with E-state index in [-0.39, 0.29) is 150 Å². The van der Waals surface area contributed by atoms with E-state index in [0.717, 1.165) is 12.7 Å². The molecule has 0 spiro atoms. The van der Waals surface area contributed by atoms with Crippen LogP contribution in [-0.2, 0) is 25.6 Å². The first-order valence-electron chi connectivity index (χ1n) is 9.16. The van der Waals surface area contributed by atoms with Gasteiger partial charge in [0.1, 0.15) is 36.2 Å². The minimum atomic E-state index is -1.73. The predicted molar refractivity (Wildman–Crippen MR) is 101 cm³/mol. The maximum Gasteiger partial charge on any atom is 0.342 e. The summed E-state index contributed by atoms with van der Waals surface area (Å²) in [4.78, 5) is 24.3. The molecule has 1 fully saturated rings. The first kappa shape index (κ1) is 34.3. The molecule has 9 nitrogen and oxygen atoms in total. The number of carbonyl (C=O) groups is 2. The van der Waals surface area contributed by atoms with Crippen molar-refractivity contribution in [2.45, 2.75) is 37.3 Å². The van der Waals surface area contributed by atoms with E-state index in [4.69, 9.17) is 14.2 Å². The number of esters is 2. The van der Waals surface area contributed by atoms with Crippen LogP contribution in [0.5, 0.6) is 5.75 Å². The fourth-order valence-electron chi connectivity index (χ4n) is 2.92. The Bertz CT molecular complexity index is 884. The van der Waals surface area contributed by atoms with Crippen molar-refractivity contribution in [3.8, 4) is 5.75 Å². The standard InChI is InChI=1S/C21H22O9.3Ac/c1-27-20(26)18-16(23)15(22)17(24)21(30-18)29-14-10-6-5-9-13(14)19(25)28-11-12-7-3-2-4-8-12;;;/h2-10,15-18,21-24H,11H2,1H3;;;/t15-,16?,17?,18?,21+;;;/m1.../s1. The Balaban J connectivity index is 0.00000341. The Morgan fingerprint density at radius 3 is 2.12 bits per heavy atom. The van der Waals surface area contributed by atoms with Crippen molar-refractivity contribution in [3.05, 3.63) is 65.7 Å². The third-order valence-electron chi connectivity index (χ3n) is 4.57. The SMILES string of the molecule is COC(=O)C1O[C@H](Oc2ccccc2C(=O)OCc2ccccc2)C(O)[C@H](O)C1O.[Ac].[Ac].[Ac]. The monoisotopic (exact) mass is 1100 g/mol. The minimum Gasteiger partial charge on any atom is -0.467 e. The molecule has 0 amide bonds. The van der Waals surface area contributed by atoms with Gasteiger partial charge in [-0.1, -0.05) is 42.5 Å². The van der Waals surface area contributed by atoms with Crippen molar-refractivity contribution in [2.75, 3.05) is 7.11 Å². The average Bonchev–Trinajstić information content (AvgIpc) is 2.78. The molecule has 0 saturated carbocycles. The number of ether oxygens (including phenoxy) is 4. The summed E-state index contributed by atoms with van der Waals surface area (Å²) in [5, 5.41) is 30.2. The normalized spacial score (nSPS) is 23.6. The largest absolute Gasteiger partial charge is 0.467 e. The molecule has 1 saturated heterocycles. The average molecular weight is 1100 g/mol. The van der Waals surface area contributed by atoms with Crippen LogP contribution in [0.3, 0.4) is 0 Å². The van der Waals surface area contributed by atoms with Crippen LogP contribution >= 0.6 is 0 Å². The van der Waals surface area contributed by atoms with Gasteiger partial charge in [-0.25, -0.2) is 9.59 Å². The summed E-state index contributed by atoms with van der Waals surface area (Å²) in [5.74, 6) is -1.62. The van der Waals surface area contributed by atoms with Crippen molar-refractivity contribution in [1.82, 2.24) is 0 Å². The van der Waals surface area contributed by atoms with Crippen LogP contribution in [-0.4, -0.2) is 65.1 Å². The molecule has 12 heteroatoms. The molecule has 1 heterocycles. The van der Waals surface area contributed by atoms with E-state index in [2.05, 4.69) is 4.74 Å². The third kappa shape index (κ3) is 9.30. The summed E-state index contributed by atoms with van der Waals surface area (Å²) < 4.78 is 20.7. The van der Waals surface area contributed by atoms with Crippen LogP contribution in [0.4, 0.5) is 0 Å². The van der Waals surface area contributed by atoms with Crippen molar-refractivity contribution in [3.63, 3.8) is 0 Å². The second-order valence-electron chi connectivity index (χ2n) is 6.60. The zero-order chi connectivity index (χ0) is 21.7. The van der Waals surface area contributed by atoms with Crippen molar-refractivity contribution < 1.29 is 176 Å². The van der Waals surface area contributed by atoms with Crippen molar-refractivity contribution in [1.29, 1.82) is 0 Å². The van der Waals surface area contributed by atoms with Crippen molar-refractivity contribution in [2.24, 2.45) is 0 Å². The van der Waals surface area contributed by atoms with Gasteiger partial charge in [0.2, 0.25) is 6.29 Å². The molecule has 0 bridgehead atoms. The summed E-state index contributed by atoms with van der Waals surface area (Å²) in [7, 11) is 1.09. The summed E-state index contributed by atoms with van der Waals surface area (Å²) >= 11 is 0. The number of para-hydroxylation sites is 1. The molecule has 2 aromatic carbocycles. The summed E-state index contributed by atoms with van der Waals surface area (Å²) in [5.41, 5.74) is 0.854. The molecular formula is C21H22Ac3O9. The van der Waals surface area contributed by atoms with E-state index in [9.17, 15) is 24.9 Å². The second-order valence-corrected chi connectivity index (χ2v) is 6.60. The van der Waals surface area contributed by atoms with Crippen LogP contribution in [0, 0.1) is 132 Å². The Morgan fingerprint density at radius 1 is 0.879 bits per heavy atom. The zero-order valence-corrected chi connectivity index (χ0v) is 32.0. The Labute approximate surface area is 298 Å². The number of hydrogen-bond acceptors (Lipinski definition) is 9. The molecule has 0 aliphatic carbocycles. The number of methoxy groups -OCH3 is 1. The quantitative estimate of drug-likeness (QED) is 0.353. The van der Waals surface area contributed by atoms with E-state index in [1.807, 2.05) is 30.3 Å². The van der Waals surface area contributed by atoms with E-state index < -0.39 is 42.6 Å². The molecule has 2 aromatic rings. The number of hydrogen-bond donors (Lipinski definition) is 3. The minimum absolute atomic E-state index is 0. The molecule has 33 heavy (non-hydrogen) atoms. The van der Waals surface area contributed by atoms with E-state index >= 15 is 0 Å².